The number of hydrogen-bond donors (Lipinski definition) is 2. The van der Waals surface area contributed by atoms with Crippen molar-refractivity contribution in [1.29, 1.82) is 0 Å². The molecule has 1 saturated heterocycles. The molecule has 0 saturated carbocycles. The summed E-state index contributed by atoms with van der Waals surface area (Å²) < 4.78 is 27.4. The van der Waals surface area contributed by atoms with Crippen LogP contribution < -0.4 is 10.5 Å². The van der Waals surface area contributed by atoms with Gasteiger partial charge in [0, 0.05) is 19.1 Å². The Labute approximate surface area is 144 Å². The van der Waals surface area contributed by atoms with Crippen molar-refractivity contribution in [3.63, 3.8) is 0 Å². The third kappa shape index (κ3) is 4.34. The molecule has 0 radical (unpaired) electrons. The molecule has 7 heteroatoms. The minimum Gasteiger partial charge on any atom is -0.337 e. The summed E-state index contributed by atoms with van der Waals surface area (Å²) in [5.74, 6) is 0.315. The van der Waals surface area contributed by atoms with Crippen molar-refractivity contribution in [3.8, 4) is 0 Å². The number of likely N-dealkylation sites (tertiary alicyclic amines) is 1. The summed E-state index contributed by atoms with van der Waals surface area (Å²) in [6.07, 6.45) is 1.78. The third-order valence-electron chi connectivity index (χ3n) is 4.57. The first kappa shape index (κ1) is 18.9. The van der Waals surface area contributed by atoms with Crippen molar-refractivity contribution >= 4 is 15.9 Å². The van der Waals surface area contributed by atoms with Gasteiger partial charge in [-0.05, 0) is 44.7 Å². The fraction of sp³-hybridized carbons (Fsp3) is 0.588. The maximum absolute atomic E-state index is 12.7. The van der Waals surface area contributed by atoms with Gasteiger partial charge in [0.25, 0.3) is 0 Å². The van der Waals surface area contributed by atoms with Crippen LogP contribution in [0.15, 0.2) is 29.2 Å². The van der Waals surface area contributed by atoms with Crippen LogP contribution in [0.5, 0.6) is 0 Å². The van der Waals surface area contributed by atoms with Gasteiger partial charge >= 0.3 is 0 Å². The summed E-state index contributed by atoms with van der Waals surface area (Å²) in [7, 11) is -3.72. The Kier molecular flexibility index (Phi) is 6.01. The summed E-state index contributed by atoms with van der Waals surface area (Å²) >= 11 is 0. The average molecular weight is 353 g/mol. The fourth-order valence-electron chi connectivity index (χ4n) is 3.08. The van der Waals surface area contributed by atoms with Crippen LogP contribution in [0.1, 0.15) is 32.3 Å². The number of nitrogens with two attached hydrogens (primary N) is 1. The number of benzene rings is 1. The highest BCUT2D eigenvalue weighted by molar-refractivity contribution is 7.89. The first-order chi connectivity index (χ1) is 11.2. The minimum absolute atomic E-state index is 0.0208. The lowest BCUT2D eigenvalue weighted by Crippen LogP contribution is -2.55. The first-order valence-corrected chi connectivity index (χ1v) is 9.82. The maximum Gasteiger partial charge on any atom is 0.241 e. The van der Waals surface area contributed by atoms with Gasteiger partial charge in [0.1, 0.15) is 0 Å². The average Bonchev–Trinajstić information content (AvgIpc) is 2.54. The van der Waals surface area contributed by atoms with Crippen molar-refractivity contribution in [2.75, 3.05) is 13.1 Å². The Morgan fingerprint density at radius 1 is 1.38 bits per heavy atom. The molecule has 6 nitrogen and oxygen atoms in total. The summed E-state index contributed by atoms with van der Waals surface area (Å²) in [6, 6.07) is 5.71. The van der Waals surface area contributed by atoms with Gasteiger partial charge in [-0.15, -0.1) is 0 Å². The molecule has 3 unspecified atom stereocenters. The molecule has 0 aromatic heterocycles. The maximum atomic E-state index is 12.7. The molecule has 134 valence electrons. The second-order valence-corrected chi connectivity index (χ2v) is 8.42. The predicted molar refractivity (Wildman–Crippen MR) is 93.9 cm³/mol. The summed E-state index contributed by atoms with van der Waals surface area (Å²) in [5, 5.41) is 0. The first-order valence-electron chi connectivity index (χ1n) is 8.34. The molecule has 1 fully saturated rings. The number of nitrogens with one attached hydrogen (secondary N) is 1. The zero-order valence-corrected chi connectivity index (χ0v) is 15.3. The molecule has 1 amide bonds. The highest BCUT2D eigenvalue weighted by Gasteiger charge is 2.33. The van der Waals surface area contributed by atoms with Gasteiger partial charge in [0.05, 0.1) is 10.9 Å². The predicted octanol–water partition coefficient (Wildman–Crippen LogP) is 1.25. The van der Waals surface area contributed by atoms with E-state index in [4.69, 9.17) is 5.73 Å². The van der Waals surface area contributed by atoms with Crippen molar-refractivity contribution in [2.45, 2.75) is 50.6 Å². The normalized spacial score (nSPS) is 23.1. The van der Waals surface area contributed by atoms with E-state index in [1.807, 2.05) is 6.92 Å². The van der Waals surface area contributed by atoms with E-state index in [9.17, 15) is 13.2 Å². The second kappa shape index (κ2) is 7.63. The highest BCUT2D eigenvalue weighted by Crippen LogP contribution is 2.22. The van der Waals surface area contributed by atoms with E-state index < -0.39 is 16.1 Å². The molecule has 1 aliphatic rings. The van der Waals surface area contributed by atoms with E-state index in [1.54, 1.807) is 36.1 Å². The molecule has 1 aliphatic heterocycles. The van der Waals surface area contributed by atoms with Gasteiger partial charge in [0.15, 0.2) is 0 Å². The Hall–Kier alpha value is -1.44. The van der Waals surface area contributed by atoms with Gasteiger partial charge < -0.3 is 10.6 Å². The van der Waals surface area contributed by atoms with E-state index in [0.29, 0.717) is 19.0 Å². The van der Waals surface area contributed by atoms with Crippen LogP contribution in [0, 0.1) is 12.8 Å². The van der Waals surface area contributed by atoms with Gasteiger partial charge in [-0.3, -0.25) is 4.79 Å². The van der Waals surface area contributed by atoms with Gasteiger partial charge in [-0.1, -0.05) is 24.6 Å². The van der Waals surface area contributed by atoms with Crippen LogP contribution in [0.4, 0.5) is 0 Å². The Balaban J connectivity index is 2.09. The lowest BCUT2D eigenvalue weighted by atomic mass is 9.92. The number of sulfonamides is 1. The molecule has 0 aliphatic carbocycles. The number of aryl methyl sites for hydroxylation is 1. The number of amides is 1. The van der Waals surface area contributed by atoms with Crippen LogP contribution in [0.3, 0.4) is 0 Å². The molecule has 0 bridgehead atoms. The van der Waals surface area contributed by atoms with E-state index in [1.165, 1.54) is 0 Å². The molecule has 1 aromatic rings. The zero-order valence-electron chi connectivity index (χ0n) is 14.5. The quantitative estimate of drug-likeness (QED) is 0.833. The zero-order chi connectivity index (χ0) is 17.9. The lowest BCUT2D eigenvalue weighted by Gasteiger charge is -2.39. The molecular formula is C17H27N3O3S. The lowest BCUT2D eigenvalue weighted by molar-refractivity contribution is -0.136. The summed E-state index contributed by atoms with van der Waals surface area (Å²) in [5.41, 5.74) is 6.77. The van der Waals surface area contributed by atoms with Crippen LogP contribution in [0.25, 0.3) is 0 Å². The second-order valence-electron chi connectivity index (χ2n) is 6.71. The molecule has 3 atom stereocenters. The Morgan fingerprint density at radius 2 is 2.00 bits per heavy atom. The van der Waals surface area contributed by atoms with Crippen LogP contribution in [0.2, 0.25) is 0 Å². The Bertz CT molecular complexity index is 673. The SMILES string of the molecule is Cc1ccc(S(=O)(=O)NC(C)C(=O)N2CCC(C)CC2CN)cc1. The van der Waals surface area contributed by atoms with E-state index in [0.717, 1.165) is 18.4 Å². The largest absolute Gasteiger partial charge is 0.337 e. The molecule has 2 rings (SSSR count). The van der Waals surface area contributed by atoms with Gasteiger partial charge in [-0.2, -0.15) is 4.72 Å². The van der Waals surface area contributed by atoms with Crippen LogP contribution in [-0.2, 0) is 14.8 Å². The topological polar surface area (TPSA) is 92.5 Å². The third-order valence-corrected chi connectivity index (χ3v) is 6.12. The summed E-state index contributed by atoms with van der Waals surface area (Å²) in [6.45, 7) is 6.64. The van der Waals surface area contributed by atoms with Gasteiger partial charge in [-0.25, -0.2) is 8.42 Å². The monoisotopic (exact) mass is 353 g/mol. The van der Waals surface area contributed by atoms with Gasteiger partial charge in [0.2, 0.25) is 15.9 Å². The smallest absolute Gasteiger partial charge is 0.241 e. The van der Waals surface area contributed by atoms with E-state index >= 15 is 0 Å². The molecule has 24 heavy (non-hydrogen) atoms. The fourth-order valence-corrected chi connectivity index (χ4v) is 4.28. The van der Waals surface area contributed by atoms with E-state index in [2.05, 4.69) is 11.6 Å². The van der Waals surface area contributed by atoms with E-state index in [-0.39, 0.29) is 16.8 Å². The Morgan fingerprint density at radius 3 is 2.58 bits per heavy atom. The minimum atomic E-state index is -3.72. The number of carbonyl (C=O) groups excluding carboxylic acids is 1. The standard InChI is InChI=1S/C17H27N3O3S/c1-12-4-6-16(7-5-12)24(22,23)19-14(3)17(21)20-9-8-13(2)10-15(20)11-18/h4-7,13-15,19H,8-11,18H2,1-3H3. The molecule has 3 N–H and O–H groups in total. The van der Waals surface area contributed by atoms with Crippen LogP contribution >= 0.6 is 0 Å². The number of hydrogen-bond acceptors (Lipinski definition) is 4. The van der Waals surface area contributed by atoms with Crippen LogP contribution in [-0.4, -0.2) is 44.4 Å². The number of nitrogens with zero attached hydrogens (tertiary/aromatic N) is 1. The van der Waals surface area contributed by atoms with Crippen molar-refractivity contribution in [3.05, 3.63) is 29.8 Å². The molecule has 1 heterocycles. The van der Waals surface area contributed by atoms with Crippen molar-refractivity contribution in [1.82, 2.24) is 9.62 Å². The highest BCUT2D eigenvalue weighted by atomic mass is 32.2. The number of rotatable bonds is 5. The molecule has 0 spiro atoms. The summed E-state index contributed by atoms with van der Waals surface area (Å²) in [4.78, 5) is 14.6. The van der Waals surface area contributed by atoms with Crippen molar-refractivity contribution in [2.24, 2.45) is 11.7 Å². The van der Waals surface area contributed by atoms with Crippen molar-refractivity contribution < 1.29 is 13.2 Å². The number of piperidine rings is 1. The molecule has 1 aromatic carbocycles. The molecular weight excluding hydrogens is 326 g/mol. The number of carbonyl (C=O) groups is 1.